The van der Waals surface area contributed by atoms with Gasteiger partial charge in [-0.2, -0.15) is 0 Å². The van der Waals surface area contributed by atoms with Gasteiger partial charge in [0.05, 0.1) is 22.0 Å². The highest BCUT2D eigenvalue weighted by molar-refractivity contribution is 6.09. The summed E-state index contributed by atoms with van der Waals surface area (Å²) in [5, 5.41) is 2.91. The van der Waals surface area contributed by atoms with Crippen molar-refractivity contribution < 1.29 is 4.42 Å². The molecule has 1 unspecified atom stereocenters. The van der Waals surface area contributed by atoms with Crippen molar-refractivity contribution in [2.24, 2.45) is 0 Å². The van der Waals surface area contributed by atoms with Gasteiger partial charge in [0.1, 0.15) is 11.3 Å². The average Bonchev–Trinajstić information content (AvgIpc) is 3.56. The summed E-state index contributed by atoms with van der Waals surface area (Å²) >= 11 is 0. The van der Waals surface area contributed by atoms with Gasteiger partial charge < -0.3 is 13.6 Å². The molecule has 0 amide bonds. The summed E-state index contributed by atoms with van der Waals surface area (Å²) < 4.78 is 11.1. The van der Waals surface area contributed by atoms with E-state index in [0.717, 1.165) is 35.3 Å². The standard InChI is InChI=1S/C40H34N2O2/c1-5-28-37(22-26(4)41-35-19-11-12-24(2)38(35)31-16-10-13-25(3)39(31)41)44-36-21-20-27(23-32(36)40(28)43)42-33-17-8-6-14-29(33)30-15-7-9-18-34(30)42/h5-11,14-25H,1,12-13H2,2-4H3/b26-22+/t24-,25?/m0/s1. The monoisotopic (exact) mass is 574 g/mol. The van der Waals surface area contributed by atoms with Crippen molar-refractivity contribution >= 4 is 62.8 Å². The van der Waals surface area contributed by atoms with Crippen LogP contribution in [0, 0.1) is 0 Å². The number of fused-ring (bicyclic) bond motifs is 7. The van der Waals surface area contributed by atoms with Crippen LogP contribution in [-0.4, -0.2) is 9.13 Å². The van der Waals surface area contributed by atoms with E-state index in [0.29, 0.717) is 34.1 Å². The van der Waals surface area contributed by atoms with E-state index in [4.69, 9.17) is 4.42 Å². The molecule has 0 spiro atoms. The van der Waals surface area contributed by atoms with Crippen molar-refractivity contribution in [1.29, 1.82) is 0 Å². The van der Waals surface area contributed by atoms with Crippen molar-refractivity contribution in [2.45, 2.75) is 45.4 Å². The Hall–Kier alpha value is -5.09. The van der Waals surface area contributed by atoms with Crippen molar-refractivity contribution in [3.63, 3.8) is 0 Å². The Morgan fingerprint density at radius 3 is 2.30 bits per heavy atom. The van der Waals surface area contributed by atoms with Gasteiger partial charge >= 0.3 is 0 Å². The molecule has 0 N–H and O–H groups in total. The van der Waals surface area contributed by atoms with Crippen LogP contribution in [0.5, 0.6) is 0 Å². The molecule has 2 atom stereocenters. The van der Waals surface area contributed by atoms with Crippen LogP contribution in [0.15, 0.2) is 94.7 Å². The van der Waals surface area contributed by atoms with Crippen LogP contribution >= 0.6 is 0 Å². The fourth-order valence-corrected chi connectivity index (χ4v) is 7.48. The summed E-state index contributed by atoms with van der Waals surface area (Å²) in [6, 6.07) is 22.7. The van der Waals surface area contributed by atoms with E-state index in [-0.39, 0.29) is 5.43 Å². The van der Waals surface area contributed by atoms with Gasteiger partial charge in [0.25, 0.3) is 0 Å². The number of aromatic nitrogens is 2. The molecule has 44 heavy (non-hydrogen) atoms. The minimum atomic E-state index is -0.0794. The van der Waals surface area contributed by atoms with Gasteiger partial charge in [-0.1, -0.05) is 81.1 Å². The molecule has 4 heteroatoms. The third kappa shape index (κ3) is 3.80. The first-order chi connectivity index (χ1) is 21.5. The van der Waals surface area contributed by atoms with Gasteiger partial charge in [-0.15, -0.1) is 0 Å². The number of allylic oxidation sites excluding steroid dienone is 3. The summed E-state index contributed by atoms with van der Waals surface area (Å²) in [6.07, 6.45) is 14.8. The predicted molar refractivity (Wildman–Crippen MR) is 185 cm³/mol. The topological polar surface area (TPSA) is 40.1 Å². The molecule has 0 saturated heterocycles. The molecule has 0 radical (unpaired) electrons. The van der Waals surface area contributed by atoms with E-state index < -0.39 is 0 Å². The molecule has 4 nitrogen and oxygen atoms in total. The number of hydrogen-bond acceptors (Lipinski definition) is 2. The third-order valence-corrected chi connectivity index (χ3v) is 9.50. The summed E-state index contributed by atoms with van der Waals surface area (Å²) in [5.74, 6) is 1.38. The highest BCUT2D eigenvalue weighted by Gasteiger charge is 2.30. The molecule has 0 bridgehead atoms. The minimum absolute atomic E-state index is 0.0794. The second-order valence-electron chi connectivity index (χ2n) is 12.3. The van der Waals surface area contributed by atoms with Crippen molar-refractivity contribution in [2.75, 3.05) is 0 Å². The summed E-state index contributed by atoms with van der Waals surface area (Å²) in [6.45, 7) is 10.7. The molecular weight excluding hydrogens is 540 g/mol. The molecule has 3 aromatic heterocycles. The van der Waals surface area contributed by atoms with Gasteiger partial charge in [0.15, 0.2) is 0 Å². The molecule has 3 aromatic carbocycles. The first-order valence-corrected chi connectivity index (χ1v) is 15.5. The summed E-state index contributed by atoms with van der Waals surface area (Å²) in [5.41, 5.74) is 10.4. The zero-order chi connectivity index (χ0) is 30.1. The lowest BCUT2D eigenvalue weighted by atomic mass is 9.86. The maximum Gasteiger partial charge on any atom is 0.200 e. The third-order valence-electron chi connectivity index (χ3n) is 9.50. The maximum atomic E-state index is 14.1. The van der Waals surface area contributed by atoms with Gasteiger partial charge in [-0.25, -0.2) is 0 Å². The van der Waals surface area contributed by atoms with Crippen LogP contribution in [0.1, 0.15) is 79.3 Å². The second-order valence-corrected chi connectivity index (χ2v) is 12.3. The number of hydrogen-bond donors (Lipinski definition) is 0. The Morgan fingerprint density at radius 2 is 1.57 bits per heavy atom. The normalized spacial score (nSPS) is 17.8. The average molecular weight is 575 g/mol. The van der Waals surface area contributed by atoms with E-state index in [9.17, 15) is 4.79 Å². The van der Waals surface area contributed by atoms with Crippen LogP contribution in [0.4, 0.5) is 0 Å². The molecule has 2 aliphatic carbocycles. The first-order valence-electron chi connectivity index (χ1n) is 15.5. The molecular formula is C40H34N2O2. The number of benzene rings is 3. The number of nitrogens with zero attached hydrogens (tertiary/aromatic N) is 2. The molecule has 0 fully saturated rings. The Labute approximate surface area is 256 Å². The van der Waals surface area contributed by atoms with E-state index in [2.05, 4.69) is 109 Å². The Balaban J connectivity index is 1.31. The molecule has 6 aromatic rings. The van der Waals surface area contributed by atoms with Gasteiger partial charge in [0.2, 0.25) is 5.43 Å². The van der Waals surface area contributed by atoms with Crippen LogP contribution in [0.25, 0.3) is 68.5 Å². The van der Waals surface area contributed by atoms with E-state index in [1.54, 1.807) is 6.08 Å². The minimum Gasteiger partial charge on any atom is -0.456 e. The molecule has 8 rings (SSSR count). The Kier molecular flexibility index (Phi) is 6.02. The first kappa shape index (κ1) is 26.5. The smallest absolute Gasteiger partial charge is 0.200 e. The number of rotatable bonds is 4. The van der Waals surface area contributed by atoms with Crippen LogP contribution in [-0.2, 0) is 0 Å². The summed E-state index contributed by atoms with van der Waals surface area (Å²) in [4.78, 5) is 14.1. The van der Waals surface area contributed by atoms with E-state index in [1.807, 2.05) is 24.3 Å². The molecule has 2 aliphatic rings. The molecule has 0 saturated carbocycles. The van der Waals surface area contributed by atoms with Crippen LogP contribution in [0.3, 0.4) is 0 Å². The van der Waals surface area contributed by atoms with Crippen LogP contribution < -0.4 is 5.43 Å². The van der Waals surface area contributed by atoms with Gasteiger partial charge in [-0.05, 0) is 73.2 Å². The molecule has 3 heterocycles. The van der Waals surface area contributed by atoms with Crippen molar-refractivity contribution in [3.05, 3.63) is 130 Å². The van der Waals surface area contributed by atoms with E-state index in [1.165, 1.54) is 33.3 Å². The quantitative estimate of drug-likeness (QED) is 0.210. The highest BCUT2D eigenvalue weighted by Crippen LogP contribution is 2.44. The second kappa shape index (κ2) is 9.99. The highest BCUT2D eigenvalue weighted by atomic mass is 16.3. The van der Waals surface area contributed by atoms with Gasteiger partial charge in [-0.3, -0.25) is 4.79 Å². The number of para-hydroxylation sites is 2. The molecule has 216 valence electrons. The maximum absolute atomic E-state index is 14.1. The van der Waals surface area contributed by atoms with Crippen molar-refractivity contribution in [1.82, 2.24) is 9.13 Å². The fraction of sp³-hybridized carbons (Fsp3) is 0.175. The largest absolute Gasteiger partial charge is 0.456 e. The predicted octanol–water partition coefficient (Wildman–Crippen LogP) is 10.4. The lowest BCUT2D eigenvalue weighted by Crippen LogP contribution is -2.10. The van der Waals surface area contributed by atoms with E-state index >= 15 is 0 Å². The Bertz CT molecular complexity index is 2260. The van der Waals surface area contributed by atoms with Crippen LogP contribution in [0.2, 0.25) is 0 Å². The zero-order valence-corrected chi connectivity index (χ0v) is 25.3. The van der Waals surface area contributed by atoms with Gasteiger partial charge in [0, 0.05) is 45.5 Å². The zero-order valence-electron chi connectivity index (χ0n) is 25.3. The summed E-state index contributed by atoms with van der Waals surface area (Å²) in [7, 11) is 0. The lowest BCUT2D eigenvalue weighted by molar-refractivity contribution is 0.589. The Morgan fingerprint density at radius 1 is 0.886 bits per heavy atom. The SMILES string of the molecule is C=Cc1c(/C=C(\C)n2c3c(c4c2C(C)CC=C4)[C@@H](C)CC=C3)oc2ccc(-n3c4ccccc4c4ccccc43)cc2c1=O. The lowest BCUT2D eigenvalue weighted by Gasteiger charge is -2.20. The fourth-order valence-electron chi connectivity index (χ4n) is 7.48. The molecule has 0 aliphatic heterocycles. The van der Waals surface area contributed by atoms with Crippen molar-refractivity contribution in [3.8, 4) is 5.69 Å².